The van der Waals surface area contributed by atoms with Gasteiger partial charge in [-0.15, -0.1) is 0 Å². The third kappa shape index (κ3) is 4.50. The van der Waals surface area contributed by atoms with Crippen molar-refractivity contribution in [3.05, 3.63) is 53.1 Å². The molecule has 3 rings (SSSR count). The largest absolute Gasteiger partial charge is 0.494 e. The molecular weight excluding hydrogens is 348 g/mol. The van der Waals surface area contributed by atoms with Crippen LogP contribution in [-0.4, -0.2) is 25.6 Å². The number of ether oxygens (including phenoxy) is 1. The van der Waals surface area contributed by atoms with E-state index in [1.54, 1.807) is 12.1 Å². The topological polar surface area (TPSA) is 41.6 Å². The Bertz CT molecular complexity index is 770. The van der Waals surface area contributed by atoms with E-state index in [9.17, 15) is 4.79 Å². The molecule has 0 spiro atoms. The van der Waals surface area contributed by atoms with E-state index in [1.807, 2.05) is 37.3 Å². The average Bonchev–Trinajstić information content (AvgIpc) is 2.63. The number of hydrogen-bond acceptors (Lipinski definition) is 3. The first-order valence-corrected chi connectivity index (χ1v) is 9.53. The van der Waals surface area contributed by atoms with Crippen LogP contribution in [-0.2, 0) is 0 Å². The second-order valence-electron chi connectivity index (χ2n) is 6.75. The van der Waals surface area contributed by atoms with E-state index in [-0.39, 0.29) is 5.91 Å². The lowest BCUT2D eigenvalue weighted by Gasteiger charge is -2.32. The van der Waals surface area contributed by atoms with Gasteiger partial charge in [0.05, 0.1) is 17.3 Å². The molecule has 0 radical (unpaired) electrons. The van der Waals surface area contributed by atoms with Gasteiger partial charge in [0, 0.05) is 24.3 Å². The lowest BCUT2D eigenvalue weighted by molar-refractivity contribution is 0.102. The van der Waals surface area contributed by atoms with Gasteiger partial charge >= 0.3 is 0 Å². The van der Waals surface area contributed by atoms with Crippen molar-refractivity contribution < 1.29 is 9.53 Å². The second-order valence-corrected chi connectivity index (χ2v) is 7.16. The van der Waals surface area contributed by atoms with Crippen molar-refractivity contribution in [1.29, 1.82) is 0 Å². The van der Waals surface area contributed by atoms with Gasteiger partial charge in [0.1, 0.15) is 5.75 Å². The van der Waals surface area contributed by atoms with Crippen LogP contribution in [0.1, 0.15) is 37.0 Å². The van der Waals surface area contributed by atoms with Crippen LogP contribution in [0.15, 0.2) is 42.5 Å². The number of carbonyl (C=O) groups is 1. The van der Waals surface area contributed by atoms with E-state index >= 15 is 0 Å². The molecule has 26 heavy (non-hydrogen) atoms. The van der Waals surface area contributed by atoms with Gasteiger partial charge in [0.2, 0.25) is 0 Å². The summed E-state index contributed by atoms with van der Waals surface area (Å²) in [5.41, 5.74) is 2.28. The molecule has 0 saturated carbocycles. The van der Waals surface area contributed by atoms with Crippen LogP contribution in [0.5, 0.6) is 5.75 Å². The summed E-state index contributed by atoms with van der Waals surface area (Å²) in [5.74, 6) is 1.28. The summed E-state index contributed by atoms with van der Waals surface area (Å²) in [5, 5.41) is 3.58. The van der Waals surface area contributed by atoms with E-state index in [0.29, 0.717) is 28.6 Å². The number of nitrogens with one attached hydrogen (secondary N) is 1. The van der Waals surface area contributed by atoms with Crippen molar-refractivity contribution >= 4 is 28.9 Å². The fourth-order valence-corrected chi connectivity index (χ4v) is 3.49. The third-order valence-electron chi connectivity index (χ3n) is 4.74. The number of rotatable bonds is 5. The number of nitrogens with zero attached hydrogens (tertiary/aromatic N) is 1. The fourth-order valence-electron chi connectivity index (χ4n) is 3.19. The van der Waals surface area contributed by atoms with Crippen molar-refractivity contribution in [2.75, 3.05) is 29.9 Å². The fraction of sp³-hybridized carbons (Fsp3) is 0.381. The van der Waals surface area contributed by atoms with Gasteiger partial charge in [-0.25, -0.2) is 0 Å². The molecule has 0 atom stereocenters. The van der Waals surface area contributed by atoms with Crippen molar-refractivity contribution in [2.24, 2.45) is 5.92 Å². The number of amides is 1. The third-order valence-corrected chi connectivity index (χ3v) is 5.04. The highest BCUT2D eigenvalue weighted by Crippen LogP contribution is 2.32. The minimum absolute atomic E-state index is 0.179. The van der Waals surface area contributed by atoms with Crippen molar-refractivity contribution in [1.82, 2.24) is 0 Å². The minimum atomic E-state index is -0.179. The maximum absolute atomic E-state index is 12.5. The summed E-state index contributed by atoms with van der Waals surface area (Å²) in [6.45, 7) is 6.82. The van der Waals surface area contributed by atoms with Crippen LogP contribution in [0.4, 0.5) is 11.4 Å². The Morgan fingerprint density at radius 3 is 2.69 bits per heavy atom. The zero-order valence-electron chi connectivity index (χ0n) is 15.3. The van der Waals surface area contributed by atoms with Gasteiger partial charge in [-0.3, -0.25) is 4.79 Å². The summed E-state index contributed by atoms with van der Waals surface area (Å²) in [4.78, 5) is 14.8. The van der Waals surface area contributed by atoms with E-state index < -0.39 is 0 Å². The molecule has 0 unspecified atom stereocenters. The molecule has 0 bridgehead atoms. The normalized spacial score (nSPS) is 15.0. The zero-order chi connectivity index (χ0) is 18.5. The second kappa shape index (κ2) is 8.45. The van der Waals surface area contributed by atoms with Gasteiger partial charge < -0.3 is 15.0 Å². The first-order chi connectivity index (χ1) is 12.6. The number of benzene rings is 2. The number of anilines is 2. The van der Waals surface area contributed by atoms with E-state index in [0.717, 1.165) is 24.7 Å². The van der Waals surface area contributed by atoms with Crippen molar-refractivity contribution in [3.8, 4) is 5.75 Å². The summed E-state index contributed by atoms with van der Waals surface area (Å²) in [6, 6.07) is 12.9. The highest BCUT2D eigenvalue weighted by Gasteiger charge is 2.18. The van der Waals surface area contributed by atoms with Crippen molar-refractivity contribution in [2.45, 2.75) is 26.7 Å². The summed E-state index contributed by atoms with van der Waals surface area (Å²) in [6.07, 6.45) is 2.37. The Balaban J connectivity index is 1.69. The van der Waals surface area contributed by atoms with Crippen LogP contribution < -0.4 is 15.0 Å². The van der Waals surface area contributed by atoms with Gasteiger partial charge in [-0.05, 0) is 62.1 Å². The summed E-state index contributed by atoms with van der Waals surface area (Å²) >= 11 is 6.48. The molecule has 5 heteroatoms. The number of halogens is 1. The molecule has 1 saturated heterocycles. The van der Waals surface area contributed by atoms with Gasteiger partial charge in [-0.2, -0.15) is 0 Å². The number of hydrogen-bond donors (Lipinski definition) is 1. The molecule has 1 aliphatic rings. The van der Waals surface area contributed by atoms with E-state index in [2.05, 4.69) is 17.1 Å². The maximum Gasteiger partial charge on any atom is 0.255 e. The molecule has 1 heterocycles. The molecule has 0 aliphatic carbocycles. The first-order valence-electron chi connectivity index (χ1n) is 9.15. The Labute approximate surface area is 160 Å². The Morgan fingerprint density at radius 2 is 2.00 bits per heavy atom. The van der Waals surface area contributed by atoms with Gasteiger partial charge in [0.25, 0.3) is 5.91 Å². The molecule has 138 valence electrons. The summed E-state index contributed by atoms with van der Waals surface area (Å²) < 4.78 is 5.45. The van der Waals surface area contributed by atoms with Crippen LogP contribution >= 0.6 is 11.6 Å². The van der Waals surface area contributed by atoms with Gasteiger partial charge in [0.15, 0.2) is 0 Å². The van der Waals surface area contributed by atoms with Crippen LogP contribution in [0.2, 0.25) is 5.02 Å². The van der Waals surface area contributed by atoms with E-state index in [1.165, 1.54) is 12.8 Å². The molecule has 1 fully saturated rings. The lowest BCUT2D eigenvalue weighted by atomic mass is 9.99. The Hall–Kier alpha value is -2.20. The Kier molecular flexibility index (Phi) is 6.04. The zero-order valence-corrected chi connectivity index (χ0v) is 16.1. The molecule has 1 N–H and O–H groups in total. The highest BCUT2D eigenvalue weighted by atomic mass is 35.5. The number of piperidine rings is 1. The highest BCUT2D eigenvalue weighted by molar-refractivity contribution is 6.33. The predicted molar refractivity (Wildman–Crippen MR) is 108 cm³/mol. The molecule has 1 amide bonds. The van der Waals surface area contributed by atoms with E-state index in [4.69, 9.17) is 16.3 Å². The van der Waals surface area contributed by atoms with Crippen molar-refractivity contribution in [3.63, 3.8) is 0 Å². The molecular formula is C21H25ClN2O2. The SMILES string of the molecule is CCOc1cccc(C(=O)Nc2ccc(N3CCC(C)CC3)c(Cl)c2)c1. The molecule has 2 aromatic carbocycles. The minimum Gasteiger partial charge on any atom is -0.494 e. The summed E-state index contributed by atoms with van der Waals surface area (Å²) in [7, 11) is 0. The smallest absolute Gasteiger partial charge is 0.255 e. The predicted octanol–water partition coefficient (Wildman–Crippen LogP) is 5.23. The standard InChI is InChI=1S/C21H25ClN2O2/c1-3-26-18-6-4-5-16(13-18)21(25)23-17-7-8-20(19(22)14-17)24-11-9-15(2)10-12-24/h4-8,13-15H,3,9-12H2,1-2H3,(H,23,25). The average molecular weight is 373 g/mol. The van der Waals surface area contributed by atoms with Gasteiger partial charge in [-0.1, -0.05) is 24.6 Å². The van der Waals surface area contributed by atoms with Crippen LogP contribution in [0.25, 0.3) is 0 Å². The molecule has 2 aromatic rings. The maximum atomic E-state index is 12.5. The molecule has 1 aliphatic heterocycles. The van der Waals surface area contributed by atoms with Crippen LogP contribution in [0, 0.1) is 5.92 Å². The quantitative estimate of drug-likeness (QED) is 0.781. The first kappa shape index (κ1) is 18.6. The monoisotopic (exact) mass is 372 g/mol. The number of carbonyl (C=O) groups excluding carboxylic acids is 1. The molecule has 0 aromatic heterocycles. The van der Waals surface area contributed by atoms with Crippen LogP contribution in [0.3, 0.4) is 0 Å². The Morgan fingerprint density at radius 1 is 1.23 bits per heavy atom. The lowest BCUT2D eigenvalue weighted by Crippen LogP contribution is -2.32. The molecule has 4 nitrogen and oxygen atoms in total.